The Kier molecular flexibility index (Phi) is 4.84. The molecule has 0 amide bonds. The van der Waals surface area contributed by atoms with E-state index < -0.39 is 0 Å². The molecule has 0 bridgehead atoms. The van der Waals surface area contributed by atoms with Crippen LogP contribution in [0.1, 0.15) is 44.6 Å². The van der Waals surface area contributed by atoms with Crippen LogP contribution in [-0.4, -0.2) is 24.0 Å². The van der Waals surface area contributed by atoms with Gasteiger partial charge in [0.2, 0.25) is 0 Å². The highest BCUT2D eigenvalue weighted by Gasteiger charge is 2.27. The van der Waals surface area contributed by atoms with Crippen molar-refractivity contribution in [1.82, 2.24) is 4.90 Å². The van der Waals surface area contributed by atoms with Crippen molar-refractivity contribution in [1.29, 1.82) is 0 Å². The lowest BCUT2D eigenvalue weighted by Gasteiger charge is -2.38. The summed E-state index contributed by atoms with van der Waals surface area (Å²) in [4.78, 5) is 2.49. The smallest absolute Gasteiger partial charge is 0.118 e. The second-order valence-electron chi connectivity index (χ2n) is 5.38. The number of furan rings is 1. The molecule has 1 aromatic heterocycles. The van der Waals surface area contributed by atoms with Crippen LogP contribution in [0.5, 0.6) is 0 Å². The van der Waals surface area contributed by atoms with E-state index in [0.717, 1.165) is 43.5 Å². The van der Waals surface area contributed by atoms with E-state index in [2.05, 4.69) is 30.9 Å². The molecule has 2 rings (SSSR count). The van der Waals surface area contributed by atoms with Crippen LogP contribution in [0.4, 0.5) is 0 Å². The van der Waals surface area contributed by atoms with Gasteiger partial charge in [-0.2, -0.15) is 0 Å². The summed E-state index contributed by atoms with van der Waals surface area (Å²) in [5.74, 6) is 3.02. The largest absolute Gasteiger partial charge is 0.465 e. The van der Waals surface area contributed by atoms with E-state index in [9.17, 15) is 0 Å². The topological polar surface area (TPSA) is 42.4 Å². The van der Waals surface area contributed by atoms with Gasteiger partial charge in [-0.25, -0.2) is 0 Å². The van der Waals surface area contributed by atoms with Crippen molar-refractivity contribution < 1.29 is 4.42 Å². The summed E-state index contributed by atoms with van der Waals surface area (Å²) in [7, 11) is 0. The van der Waals surface area contributed by atoms with Crippen LogP contribution in [0.15, 0.2) is 16.5 Å². The van der Waals surface area contributed by atoms with Gasteiger partial charge in [-0.1, -0.05) is 20.3 Å². The number of rotatable bonds is 5. The standard InChI is InChI=1S/C15H26N2O/c1-3-12-7-8-17(13(9-12)10-16)11-15-6-5-14(4-2)18-15/h5-6,12-13H,3-4,7-11,16H2,1-2H3. The summed E-state index contributed by atoms with van der Waals surface area (Å²) in [6, 6.07) is 4.73. The molecule has 2 unspecified atom stereocenters. The number of likely N-dealkylation sites (tertiary alicyclic amines) is 1. The predicted octanol–water partition coefficient (Wildman–Crippen LogP) is 2.79. The molecule has 0 aliphatic carbocycles. The molecule has 18 heavy (non-hydrogen) atoms. The van der Waals surface area contributed by atoms with Gasteiger partial charge in [0.15, 0.2) is 0 Å². The first-order valence-corrected chi connectivity index (χ1v) is 7.28. The van der Waals surface area contributed by atoms with Crippen LogP contribution in [0.3, 0.4) is 0 Å². The van der Waals surface area contributed by atoms with Crippen molar-refractivity contribution in [2.45, 2.75) is 52.1 Å². The number of aryl methyl sites for hydroxylation is 1. The van der Waals surface area contributed by atoms with E-state index in [0.29, 0.717) is 6.04 Å². The monoisotopic (exact) mass is 250 g/mol. The Morgan fingerprint density at radius 2 is 2.11 bits per heavy atom. The molecule has 0 aromatic carbocycles. The molecule has 3 heteroatoms. The molecule has 0 saturated carbocycles. The quantitative estimate of drug-likeness (QED) is 0.873. The molecule has 0 radical (unpaired) electrons. The summed E-state index contributed by atoms with van der Waals surface area (Å²) in [6.07, 6.45) is 4.80. The number of piperidine rings is 1. The molecule has 1 saturated heterocycles. The highest BCUT2D eigenvalue weighted by Crippen LogP contribution is 2.26. The Labute approximate surface area is 110 Å². The van der Waals surface area contributed by atoms with Crippen LogP contribution in [-0.2, 0) is 13.0 Å². The third kappa shape index (κ3) is 3.15. The van der Waals surface area contributed by atoms with E-state index in [1.807, 2.05) is 0 Å². The fourth-order valence-corrected chi connectivity index (χ4v) is 2.90. The van der Waals surface area contributed by atoms with E-state index in [1.165, 1.54) is 19.3 Å². The molecule has 2 atom stereocenters. The Hall–Kier alpha value is -0.800. The van der Waals surface area contributed by atoms with E-state index in [1.54, 1.807) is 0 Å². The predicted molar refractivity (Wildman–Crippen MR) is 74.4 cm³/mol. The molecule has 1 aromatic rings. The van der Waals surface area contributed by atoms with Gasteiger partial charge in [0.25, 0.3) is 0 Å². The van der Waals surface area contributed by atoms with Gasteiger partial charge in [0.05, 0.1) is 6.54 Å². The SMILES string of the molecule is CCc1ccc(CN2CCC(CC)CC2CN)o1. The first-order chi connectivity index (χ1) is 8.76. The lowest BCUT2D eigenvalue weighted by atomic mass is 9.89. The summed E-state index contributed by atoms with van der Waals surface area (Å²) in [6.45, 7) is 7.24. The van der Waals surface area contributed by atoms with Crippen molar-refractivity contribution in [2.75, 3.05) is 13.1 Å². The molecule has 3 nitrogen and oxygen atoms in total. The fraction of sp³-hybridized carbons (Fsp3) is 0.733. The number of hydrogen-bond donors (Lipinski definition) is 1. The second kappa shape index (κ2) is 6.39. The molecular formula is C15H26N2O. The first-order valence-electron chi connectivity index (χ1n) is 7.28. The van der Waals surface area contributed by atoms with Crippen LogP contribution in [0.2, 0.25) is 0 Å². The minimum atomic E-state index is 0.527. The van der Waals surface area contributed by atoms with Crippen molar-refractivity contribution >= 4 is 0 Å². The summed E-state index contributed by atoms with van der Waals surface area (Å²) >= 11 is 0. The minimum Gasteiger partial charge on any atom is -0.465 e. The fourth-order valence-electron chi connectivity index (χ4n) is 2.90. The van der Waals surface area contributed by atoms with E-state index in [-0.39, 0.29) is 0 Å². The van der Waals surface area contributed by atoms with Gasteiger partial charge in [-0.3, -0.25) is 4.90 Å². The van der Waals surface area contributed by atoms with Crippen molar-refractivity contribution in [3.8, 4) is 0 Å². The Bertz CT molecular complexity index is 361. The number of nitrogens with zero attached hydrogens (tertiary/aromatic N) is 1. The highest BCUT2D eigenvalue weighted by atomic mass is 16.3. The molecule has 1 aliphatic rings. The average Bonchev–Trinajstić information content (AvgIpc) is 2.87. The molecule has 2 N–H and O–H groups in total. The van der Waals surface area contributed by atoms with Gasteiger partial charge >= 0.3 is 0 Å². The van der Waals surface area contributed by atoms with Crippen LogP contribution in [0, 0.1) is 5.92 Å². The average molecular weight is 250 g/mol. The maximum Gasteiger partial charge on any atom is 0.118 e. The third-order valence-corrected chi connectivity index (χ3v) is 4.22. The van der Waals surface area contributed by atoms with Gasteiger partial charge in [-0.05, 0) is 37.4 Å². The minimum absolute atomic E-state index is 0.527. The lowest BCUT2D eigenvalue weighted by Crippen LogP contribution is -2.45. The number of nitrogens with two attached hydrogens (primary N) is 1. The zero-order valence-corrected chi connectivity index (χ0v) is 11.7. The van der Waals surface area contributed by atoms with Crippen LogP contribution >= 0.6 is 0 Å². The molecule has 1 fully saturated rings. The Morgan fingerprint density at radius 3 is 2.72 bits per heavy atom. The van der Waals surface area contributed by atoms with Crippen molar-refractivity contribution in [3.05, 3.63) is 23.7 Å². The molecule has 0 spiro atoms. The second-order valence-corrected chi connectivity index (χ2v) is 5.38. The lowest BCUT2D eigenvalue weighted by molar-refractivity contribution is 0.0994. The highest BCUT2D eigenvalue weighted by molar-refractivity contribution is 5.07. The Balaban J connectivity index is 1.95. The van der Waals surface area contributed by atoms with E-state index in [4.69, 9.17) is 10.2 Å². The van der Waals surface area contributed by atoms with Gasteiger partial charge in [0.1, 0.15) is 11.5 Å². The van der Waals surface area contributed by atoms with Crippen molar-refractivity contribution in [2.24, 2.45) is 11.7 Å². The van der Waals surface area contributed by atoms with Gasteiger partial charge in [-0.15, -0.1) is 0 Å². The van der Waals surface area contributed by atoms with Crippen molar-refractivity contribution in [3.63, 3.8) is 0 Å². The summed E-state index contributed by atoms with van der Waals surface area (Å²) in [5, 5.41) is 0. The van der Waals surface area contributed by atoms with E-state index >= 15 is 0 Å². The van der Waals surface area contributed by atoms with Crippen LogP contribution in [0.25, 0.3) is 0 Å². The van der Waals surface area contributed by atoms with Gasteiger partial charge in [0, 0.05) is 19.0 Å². The zero-order valence-electron chi connectivity index (χ0n) is 11.7. The van der Waals surface area contributed by atoms with Crippen LogP contribution < -0.4 is 5.73 Å². The first kappa shape index (κ1) is 13.6. The summed E-state index contributed by atoms with van der Waals surface area (Å²) in [5.41, 5.74) is 5.92. The third-order valence-electron chi connectivity index (χ3n) is 4.22. The molecule has 1 aliphatic heterocycles. The maximum atomic E-state index is 5.92. The molecule has 2 heterocycles. The maximum absolute atomic E-state index is 5.92. The van der Waals surface area contributed by atoms with Gasteiger partial charge < -0.3 is 10.2 Å². The zero-order chi connectivity index (χ0) is 13.0. The molecular weight excluding hydrogens is 224 g/mol. The number of hydrogen-bond acceptors (Lipinski definition) is 3. The molecule has 102 valence electrons. The normalized spacial score (nSPS) is 25.5. The Morgan fingerprint density at radius 1 is 1.33 bits per heavy atom. The summed E-state index contributed by atoms with van der Waals surface area (Å²) < 4.78 is 5.80.